The third kappa shape index (κ3) is 2.54. The van der Waals surface area contributed by atoms with Gasteiger partial charge in [0.25, 0.3) is 0 Å². The van der Waals surface area contributed by atoms with Crippen LogP contribution in [0.3, 0.4) is 0 Å². The molecule has 140 valence electrons. The molecule has 0 saturated carbocycles. The van der Waals surface area contributed by atoms with E-state index in [2.05, 4.69) is 80.6 Å². The lowest BCUT2D eigenvalue weighted by Gasteiger charge is -2.09. The fraction of sp³-hybridized carbons (Fsp3) is 0.115. The molecular weight excluding hydrogens is 390 g/mol. The van der Waals surface area contributed by atoms with Gasteiger partial charge in [0.15, 0.2) is 0 Å². The first-order valence-corrected chi connectivity index (χ1v) is 11.6. The summed E-state index contributed by atoms with van der Waals surface area (Å²) in [7, 11) is 0. The van der Waals surface area contributed by atoms with Crippen LogP contribution in [-0.2, 0) is 0 Å². The highest BCUT2D eigenvalue weighted by atomic mass is 32.1. The van der Waals surface area contributed by atoms with Crippen molar-refractivity contribution in [2.75, 3.05) is 0 Å². The van der Waals surface area contributed by atoms with Crippen molar-refractivity contribution in [1.29, 1.82) is 0 Å². The number of fused-ring (bicyclic) bond motifs is 7. The van der Waals surface area contributed by atoms with Crippen molar-refractivity contribution in [2.45, 2.75) is 19.8 Å². The molecule has 3 aromatic carbocycles. The van der Waals surface area contributed by atoms with Gasteiger partial charge in [0.2, 0.25) is 0 Å². The van der Waals surface area contributed by atoms with E-state index in [1.165, 1.54) is 51.5 Å². The normalized spacial score (nSPS) is 12.1. The maximum atomic E-state index is 4.78. The zero-order valence-corrected chi connectivity index (χ0v) is 17.9. The molecule has 0 aliphatic rings. The number of rotatable bonds is 2. The first-order valence-electron chi connectivity index (χ1n) is 9.92. The fourth-order valence-corrected chi connectivity index (χ4v) is 6.64. The Hall–Kier alpha value is -2.75. The Morgan fingerprint density at radius 1 is 0.724 bits per heavy atom. The van der Waals surface area contributed by atoms with Crippen molar-refractivity contribution in [2.24, 2.45) is 0 Å². The minimum atomic E-state index is 0.489. The van der Waals surface area contributed by atoms with Crippen LogP contribution in [0.25, 0.3) is 51.6 Å². The maximum absolute atomic E-state index is 4.78. The average molecular weight is 410 g/mol. The van der Waals surface area contributed by atoms with Crippen LogP contribution in [0.4, 0.5) is 0 Å². The first-order chi connectivity index (χ1) is 14.2. The molecule has 29 heavy (non-hydrogen) atoms. The molecule has 0 radical (unpaired) electrons. The molecule has 1 nitrogen and oxygen atoms in total. The second kappa shape index (κ2) is 6.38. The predicted molar refractivity (Wildman–Crippen MR) is 130 cm³/mol. The molecule has 6 aromatic rings. The highest BCUT2D eigenvalue weighted by Gasteiger charge is 2.18. The highest BCUT2D eigenvalue weighted by Crippen LogP contribution is 2.48. The van der Waals surface area contributed by atoms with Gasteiger partial charge in [0.1, 0.15) is 0 Å². The molecule has 0 aliphatic heterocycles. The van der Waals surface area contributed by atoms with Gasteiger partial charge in [0.05, 0.1) is 5.69 Å². The molecular formula is C26H19NS2. The number of thiophene rings is 2. The lowest BCUT2D eigenvalue weighted by molar-refractivity contribution is 0.864. The summed E-state index contributed by atoms with van der Waals surface area (Å²) in [5.74, 6) is 0.489. The van der Waals surface area contributed by atoms with E-state index in [1.54, 1.807) is 0 Å². The van der Waals surface area contributed by atoms with Gasteiger partial charge < -0.3 is 0 Å². The molecule has 0 unspecified atom stereocenters. The molecule has 0 aliphatic carbocycles. The monoisotopic (exact) mass is 409 g/mol. The van der Waals surface area contributed by atoms with Crippen LogP contribution in [-0.4, -0.2) is 4.98 Å². The second-order valence-electron chi connectivity index (χ2n) is 7.83. The van der Waals surface area contributed by atoms with E-state index in [1.807, 2.05) is 28.9 Å². The molecule has 0 spiro atoms. The Morgan fingerprint density at radius 3 is 2.17 bits per heavy atom. The van der Waals surface area contributed by atoms with E-state index in [9.17, 15) is 0 Å². The number of hydrogen-bond acceptors (Lipinski definition) is 3. The van der Waals surface area contributed by atoms with Crippen LogP contribution < -0.4 is 0 Å². The molecule has 0 N–H and O–H groups in total. The average Bonchev–Trinajstić information content (AvgIpc) is 3.31. The largest absolute Gasteiger partial charge is 0.256 e. The number of pyridine rings is 1. The Morgan fingerprint density at radius 2 is 1.41 bits per heavy atom. The minimum absolute atomic E-state index is 0.489. The molecule has 0 bridgehead atoms. The Balaban J connectivity index is 1.82. The summed E-state index contributed by atoms with van der Waals surface area (Å²) >= 11 is 3.77. The topological polar surface area (TPSA) is 12.9 Å². The quantitative estimate of drug-likeness (QED) is 0.279. The van der Waals surface area contributed by atoms with E-state index in [4.69, 9.17) is 4.98 Å². The fourth-order valence-electron chi connectivity index (χ4n) is 4.25. The van der Waals surface area contributed by atoms with Crippen LogP contribution in [0.2, 0.25) is 0 Å². The van der Waals surface area contributed by atoms with Crippen LogP contribution in [0.5, 0.6) is 0 Å². The molecule has 3 heteroatoms. The van der Waals surface area contributed by atoms with Gasteiger partial charge in [0, 0.05) is 52.1 Å². The molecule has 0 fully saturated rings. The Bertz CT molecular complexity index is 1530. The minimum Gasteiger partial charge on any atom is -0.256 e. The van der Waals surface area contributed by atoms with Crippen molar-refractivity contribution in [3.8, 4) is 11.3 Å². The summed E-state index contributed by atoms with van der Waals surface area (Å²) in [6, 6.07) is 24.3. The third-order valence-electron chi connectivity index (χ3n) is 5.71. The molecule has 0 atom stereocenters. The van der Waals surface area contributed by atoms with Crippen LogP contribution >= 0.6 is 22.7 Å². The molecule has 3 aromatic heterocycles. The second-order valence-corrected chi connectivity index (χ2v) is 9.96. The zero-order chi connectivity index (χ0) is 19.5. The van der Waals surface area contributed by atoms with Crippen molar-refractivity contribution in [1.82, 2.24) is 4.98 Å². The highest BCUT2D eigenvalue weighted by molar-refractivity contribution is 7.28. The van der Waals surface area contributed by atoms with Gasteiger partial charge in [-0.25, -0.2) is 0 Å². The summed E-state index contributed by atoms with van der Waals surface area (Å²) in [5.41, 5.74) is 3.66. The van der Waals surface area contributed by atoms with Crippen LogP contribution in [0.1, 0.15) is 25.3 Å². The van der Waals surface area contributed by atoms with Crippen molar-refractivity contribution in [3.05, 3.63) is 78.5 Å². The lowest BCUT2D eigenvalue weighted by Crippen LogP contribution is -1.91. The van der Waals surface area contributed by atoms with E-state index < -0.39 is 0 Å². The van der Waals surface area contributed by atoms with Crippen molar-refractivity contribution >= 4 is 63.0 Å². The molecule has 3 heterocycles. The first kappa shape index (κ1) is 17.1. The molecule has 0 saturated heterocycles. The van der Waals surface area contributed by atoms with Gasteiger partial charge in [-0.05, 0) is 41.8 Å². The third-order valence-corrected chi connectivity index (χ3v) is 8.04. The van der Waals surface area contributed by atoms with Gasteiger partial charge in [-0.3, -0.25) is 4.98 Å². The van der Waals surface area contributed by atoms with E-state index >= 15 is 0 Å². The van der Waals surface area contributed by atoms with Crippen LogP contribution in [0, 0.1) is 0 Å². The maximum Gasteiger partial charge on any atom is 0.0719 e. The summed E-state index contributed by atoms with van der Waals surface area (Å²) < 4.78 is 5.37. The Kier molecular flexibility index (Phi) is 3.77. The van der Waals surface area contributed by atoms with Crippen molar-refractivity contribution < 1.29 is 0 Å². The summed E-state index contributed by atoms with van der Waals surface area (Å²) in [4.78, 5) is 4.78. The lowest BCUT2D eigenvalue weighted by atomic mass is 9.98. The SMILES string of the molecule is CC(C)c1ccnc(-c2cc3sc4ccccc4c3c3c2sc2ccccc23)c1. The number of aromatic nitrogens is 1. The van der Waals surface area contributed by atoms with Gasteiger partial charge in [-0.1, -0.05) is 50.2 Å². The summed E-state index contributed by atoms with van der Waals surface area (Å²) in [5, 5.41) is 5.48. The van der Waals surface area contributed by atoms with Crippen molar-refractivity contribution in [3.63, 3.8) is 0 Å². The number of nitrogens with zero attached hydrogens (tertiary/aromatic N) is 1. The zero-order valence-electron chi connectivity index (χ0n) is 16.3. The number of hydrogen-bond donors (Lipinski definition) is 0. The standard InChI is InChI=1S/C26H19NS2/c1-15(2)16-11-12-27-20(13-16)19-14-23-24(17-7-3-5-9-21(17)28-23)25-18-8-4-6-10-22(18)29-26(19)25/h3-15H,1-2H3. The Labute approximate surface area is 177 Å². The summed E-state index contributed by atoms with van der Waals surface area (Å²) in [6.07, 6.45) is 1.96. The van der Waals surface area contributed by atoms with E-state index in [0.717, 1.165) is 5.69 Å². The predicted octanol–water partition coefficient (Wildman–Crippen LogP) is 8.61. The van der Waals surface area contributed by atoms with Gasteiger partial charge >= 0.3 is 0 Å². The molecule has 0 amide bonds. The van der Waals surface area contributed by atoms with E-state index in [0.29, 0.717) is 5.92 Å². The van der Waals surface area contributed by atoms with E-state index in [-0.39, 0.29) is 0 Å². The van der Waals surface area contributed by atoms with Crippen LogP contribution in [0.15, 0.2) is 72.9 Å². The smallest absolute Gasteiger partial charge is 0.0719 e. The van der Waals surface area contributed by atoms with Gasteiger partial charge in [-0.2, -0.15) is 0 Å². The summed E-state index contributed by atoms with van der Waals surface area (Å²) in [6.45, 7) is 4.48. The molecule has 6 rings (SSSR count). The number of benzene rings is 3. The van der Waals surface area contributed by atoms with Gasteiger partial charge in [-0.15, -0.1) is 22.7 Å².